The van der Waals surface area contributed by atoms with Crippen LogP contribution in [0.4, 0.5) is 0 Å². The molecule has 7 nitrogen and oxygen atoms in total. The maximum atomic E-state index is 12.1. The molecule has 1 aromatic heterocycles. The predicted molar refractivity (Wildman–Crippen MR) is 113 cm³/mol. The third-order valence-electron chi connectivity index (χ3n) is 4.06. The molecule has 1 heterocycles. The van der Waals surface area contributed by atoms with E-state index in [0.29, 0.717) is 31.5 Å². The number of aliphatic imine (C=N–C) groups is 1. The highest BCUT2D eigenvalue weighted by molar-refractivity contribution is 5.86. The van der Waals surface area contributed by atoms with E-state index in [0.717, 1.165) is 16.8 Å². The van der Waals surface area contributed by atoms with E-state index in [4.69, 9.17) is 4.42 Å². The molecule has 2 aromatic carbocycles. The molecule has 0 aliphatic carbocycles. The fraction of sp³-hybridized carbons (Fsp3) is 0.227. The second kappa shape index (κ2) is 10.7. The molecule has 3 aromatic rings. The van der Waals surface area contributed by atoms with Crippen molar-refractivity contribution in [1.82, 2.24) is 20.9 Å². The molecule has 3 N–H and O–H groups in total. The van der Waals surface area contributed by atoms with Crippen LogP contribution in [0.25, 0.3) is 11.5 Å². The number of amides is 1. The zero-order valence-electron chi connectivity index (χ0n) is 16.4. The number of carbonyl (C=O) groups excluding carboxylic acids is 1. The summed E-state index contributed by atoms with van der Waals surface area (Å²) < 4.78 is 5.53. The molecule has 29 heavy (non-hydrogen) atoms. The minimum absolute atomic E-state index is 0.104. The van der Waals surface area contributed by atoms with Gasteiger partial charge in [-0.1, -0.05) is 48.5 Å². The Hall–Kier alpha value is -3.61. The van der Waals surface area contributed by atoms with Crippen LogP contribution >= 0.6 is 0 Å². The molecule has 0 unspecified atom stereocenters. The molecular formula is C22H25N5O2. The summed E-state index contributed by atoms with van der Waals surface area (Å²) in [5.41, 5.74) is 2.69. The lowest BCUT2D eigenvalue weighted by Crippen LogP contribution is -2.43. The van der Waals surface area contributed by atoms with Gasteiger partial charge in [-0.05, 0) is 24.6 Å². The average Bonchev–Trinajstić information content (AvgIpc) is 3.25. The van der Waals surface area contributed by atoms with E-state index < -0.39 is 0 Å². The number of nitrogens with zero attached hydrogens (tertiary/aromatic N) is 2. The summed E-state index contributed by atoms with van der Waals surface area (Å²) in [5, 5.41) is 9.04. The van der Waals surface area contributed by atoms with Gasteiger partial charge < -0.3 is 20.4 Å². The summed E-state index contributed by atoms with van der Waals surface area (Å²) in [4.78, 5) is 21.0. The fourth-order valence-corrected chi connectivity index (χ4v) is 2.62. The molecule has 0 saturated heterocycles. The number of guanidine groups is 1. The van der Waals surface area contributed by atoms with E-state index in [1.165, 1.54) is 0 Å². The summed E-state index contributed by atoms with van der Waals surface area (Å²) in [6.07, 6.45) is 1.60. The van der Waals surface area contributed by atoms with Crippen molar-refractivity contribution in [2.24, 2.45) is 4.99 Å². The van der Waals surface area contributed by atoms with E-state index in [1.807, 2.05) is 67.6 Å². The molecule has 0 saturated carbocycles. The SMILES string of the molecule is CCNC(=NCc1coc(-c2ccccc2)n1)NCC(=O)NCc1ccccc1. The van der Waals surface area contributed by atoms with Crippen LogP contribution in [0, 0.1) is 0 Å². The summed E-state index contributed by atoms with van der Waals surface area (Å²) >= 11 is 0. The van der Waals surface area contributed by atoms with Crippen LogP contribution in [0.5, 0.6) is 0 Å². The Morgan fingerprint density at radius 1 is 1.00 bits per heavy atom. The van der Waals surface area contributed by atoms with Gasteiger partial charge in [0.25, 0.3) is 0 Å². The van der Waals surface area contributed by atoms with Crippen LogP contribution in [0.1, 0.15) is 18.2 Å². The first-order valence-electron chi connectivity index (χ1n) is 9.57. The molecule has 0 aliphatic heterocycles. The van der Waals surface area contributed by atoms with Crippen molar-refractivity contribution >= 4 is 11.9 Å². The number of benzene rings is 2. The lowest BCUT2D eigenvalue weighted by Gasteiger charge is -2.11. The number of carbonyl (C=O) groups is 1. The number of nitrogens with one attached hydrogen (secondary N) is 3. The molecular weight excluding hydrogens is 366 g/mol. The van der Waals surface area contributed by atoms with Gasteiger partial charge in [-0.2, -0.15) is 0 Å². The first kappa shape index (κ1) is 20.1. The molecule has 0 fully saturated rings. The van der Waals surface area contributed by atoms with E-state index in [9.17, 15) is 4.79 Å². The Kier molecular flexibility index (Phi) is 7.40. The Morgan fingerprint density at radius 2 is 1.72 bits per heavy atom. The van der Waals surface area contributed by atoms with E-state index >= 15 is 0 Å². The molecule has 1 amide bonds. The van der Waals surface area contributed by atoms with Gasteiger partial charge in [0.1, 0.15) is 12.0 Å². The number of rotatable bonds is 8. The van der Waals surface area contributed by atoms with Gasteiger partial charge in [0.2, 0.25) is 11.8 Å². The van der Waals surface area contributed by atoms with E-state index in [-0.39, 0.29) is 12.5 Å². The van der Waals surface area contributed by atoms with Gasteiger partial charge in [-0.15, -0.1) is 0 Å². The van der Waals surface area contributed by atoms with Crippen molar-refractivity contribution in [1.29, 1.82) is 0 Å². The maximum Gasteiger partial charge on any atom is 0.239 e. The zero-order chi connectivity index (χ0) is 20.3. The van der Waals surface area contributed by atoms with Crippen LogP contribution in [-0.4, -0.2) is 29.9 Å². The highest BCUT2D eigenvalue weighted by Crippen LogP contribution is 2.18. The van der Waals surface area contributed by atoms with Gasteiger partial charge in [0.15, 0.2) is 5.96 Å². The van der Waals surface area contributed by atoms with Crippen molar-refractivity contribution in [3.8, 4) is 11.5 Å². The van der Waals surface area contributed by atoms with Crippen LogP contribution < -0.4 is 16.0 Å². The first-order valence-corrected chi connectivity index (χ1v) is 9.57. The van der Waals surface area contributed by atoms with E-state index in [1.54, 1.807) is 6.26 Å². The minimum atomic E-state index is -0.104. The average molecular weight is 391 g/mol. The molecule has 0 aliphatic rings. The minimum Gasteiger partial charge on any atom is -0.444 e. The summed E-state index contributed by atoms with van der Waals surface area (Å²) in [6, 6.07) is 19.5. The monoisotopic (exact) mass is 391 g/mol. The predicted octanol–water partition coefficient (Wildman–Crippen LogP) is 2.71. The lowest BCUT2D eigenvalue weighted by molar-refractivity contribution is -0.120. The molecule has 0 radical (unpaired) electrons. The normalized spacial score (nSPS) is 11.1. The maximum absolute atomic E-state index is 12.1. The third kappa shape index (κ3) is 6.49. The van der Waals surface area contributed by atoms with Crippen molar-refractivity contribution in [3.63, 3.8) is 0 Å². The molecule has 7 heteroatoms. The van der Waals surface area contributed by atoms with Crippen molar-refractivity contribution in [3.05, 3.63) is 78.2 Å². The smallest absolute Gasteiger partial charge is 0.239 e. The quantitative estimate of drug-likeness (QED) is 0.406. The van der Waals surface area contributed by atoms with Crippen LogP contribution in [0.3, 0.4) is 0 Å². The summed E-state index contributed by atoms with van der Waals surface area (Å²) in [7, 11) is 0. The Balaban J connectivity index is 1.50. The first-order chi connectivity index (χ1) is 14.2. The molecule has 0 atom stereocenters. The number of hydrogen-bond donors (Lipinski definition) is 3. The second-order valence-corrected chi connectivity index (χ2v) is 6.32. The number of oxazole rings is 1. The molecule has 0 spiro atoms. The topological polar surface area (TPSA) is 91.6 Å². The van der Waals surface area contributed by atoms with Gasteiger partial charge in [0, 0.05) is 18.7 Å². The second-order valence-electron chi connectivity index (χ2n) is 6.32. The van der Waals surface area contributed by atoms with Gasteiger partial charge in [-0.25, -0.2) is 9.98 Å². The highest BCUT2D eigenvalue weighted by atomic mass is 16.3. The van der Waals surface area contributed by atoms with Crippen LogP contribution in [0.15, 0.2) is 76.3 Å². The molecule has 150 valence electrons. The Bertz CT molecular complexity index is 923. The Morgan fingerprint density at radius 3 is 2.45 bits per heavy atom. The Labute approximate surface area is 170 Å². The van der Waals surface area contributed by atoms with E-state index in [2.05, 4.69) is 25.9 Å². The van der Waals surface area contributed by atoms with Gasteiger partial charge in [-0.3, -0.25) is 4.79 Å². The largest absolute Gasteiger partial charge is 0.444 e. The fourth-order valence-electron chi connectivity index (χ4n) is 2.62. The summed E-state index contributed by atoms with van der Waals surface area (Å²) in [6.45, 7) is 3.63. The van der Waals surface area contributed by atoms with Gasteiger partial charge in [0.05, 0.1) is 13.1 Å². The molecule has 3 rings (SSSR count). The zero-order valence-corrected chi connectivity index (χ0v) is 16.4. The van der Waals surface area contributed by atoms with Gasteiger partial charge >= 0.3 is 0 Å². The number of aromatic nitrogens is 1. The highest BCUT2D eigenvalue weighted by Gasteiger charge is 2.07. The van der Waals surface area contributed by atoms with Crippen molar-refractivity contribution in [2.75, 3.05) is 13.1 Å². The van der Waals surface area contributed by atoms with Crippen molar-refractivity contribution in [2.45, 2.75) is 20.0 Å². The third-order valence-corrected chi connectivity index (χ3v) is 4.06. The van der Waals surface area contributed by atoms with Crippen LogP contribution in [-0.2, 0) is 17.9 Å². The van der Waals surface area contributed by atoms with Crippen molar-refractivity contribution < 1.29 is 9.21 Å². The standard InChI is InChI=1S/C22H25N5O2/c1-2-23-22(26-15-20(28)24-13-17-9-5-3-6-10-17)25-14-19-16-29-21(27-19)18-11-7-4-8-12-18/h3-12,16H,2,13-15H2,1H3,(H,24,28)(H2,23,25,26). The molecule has 0 bridgehead atoms. The summed E-state index contributed by atoms with van der Waals surface area (Å²) in [5.74, 6) is 1.01. The van der Waals surface area contributed by atoms with Crippen LogP contribution in [0.2, 0.25) is 0 Å². The lowest BCUT2D eigenvalue weighted by atomic mass is 10.2. The number of hydrogen-bond acceptors (Lipinski definition) is 4.